The van der Waals surface area contributed by atoms with Crippen LogP contribution in [-0.4, -0.2) is 53.6 Å². The number of nitrogens with one attached hydrogen (secondary N) is 1. The first-order valence-electron chi connectivity index (χ1n) is 9.94. The van der Waals surface area contributed by atoms with Crippen molar-refractivity contribution in [3.8, 4) is 0 Å². The molecule has 1 atom stereocenters. The standard InChI is InChI=1S/C19H31N5/c1-2-4-13-24(12-3-1)18-9-10-20-19(22-18)21-17-6-5-11-23(15-17)14-16-7-8-16/h9-10,16-17H,1-8,11-15H2,(H,20,21,22). The summed E-state index contributed by atoms with van der Waals surface area (Å²) in [6.45, 7) is 5.98. The van der Waals surface area contributed by atoms with Crippen LogP contribution in [0.3, 0.4) is 0 Å². The summed E-state index contributed by atoms with van der Waals surface area (Å²) in [5.74, 6) is 2.89. The third-order valence-electron chi connectivity index (χ3n) is 5.62. The lowest BCUT2D eigenvalue weighted by Gasteiger charge is -2.33. The molecule has 24 heavy (non-hydrogen) atoms. The highest BCUT2D eigenvalue weighted by Crippen LogP contribution is 2.30. The average molecular weight is 329 g/mol. The predicted octanol–water partition coefficient (Wildman–Crippen LogP) is 3.14. The van der Waals surface area contributed by atoms with Gasteiger partial charge in [-0.05, 0) is 57.1 Å². The summed E-state index contributed by atoms with van der Waals surface area (Å²) in [6, 6.07) is 2.56. The zero-order valence-corrected chi connectivity index (χ0v) is 14.8. The highest BCUT2D eigenvalue weighted by molar-refractivity contribution is 5.43. The maximum atomic E-state index is 4.82. The van der Waals surface area contributed by atoms with E-state index in [-0.39, 0.29) is 0 Å². The Kier molecular flexibility index (Phi) is 5.16. The molecule has 4 rings (SSSR count). The fourth-order valence-electron chi connectivity index (χ4n) is 4.08. The van der Waals surface area contributed by atoms with Gasteiger partial charge in [-0.15, -0.1) is 0 Å². The first kappa shape index (κ1) is 16.1. The molecular formula is C19H31N5. The summed E-state index contributed by atoms with van der Waals surface area (Å²) in [6.07, 6.45) is 12.6. The zero-order chi connectivity index (χ0) is 16.2. The fourth-order valence-corrected chi connectivity index (χ4v) is 4.08. The van der Waals surface area contributed by atoms with Crippen molar-refractivity contribution in [3.05, 3.63) is 12.3 Å². The molecule has 1 aliphatic carbocycles. The second-order valence-corrected chi connectivity index (χ2v) is 7.83. The number of likely N-dealkylation sites (tertiary alicyclic amines) is 1. The van der Waals surface area contributed by atoms with E-state index in [4.69, 9.17) is 4.98 Å². The number of hydrogen-bond acceptors (Lipinski definition) is 5. The van der Waals surface area contributed by atoms with Crippen LogP contribution in [0.2, 0.25) is 0 Å². The molecule has 3 heterocycles. The molecule has 3 fully saturated rings. The Morgan fingerprint density at radius 2 is 1.83 bits per heavy atom. The maximum Gasteiger partial charge on any atom is 0.224 e. The number of nitrogens with zero attached hydrogens (tertiary/aromatic N) is 4. The Labute approximate surface area is 145 Å². The van der Waals surface area contributed by atoms with Gasteiger partial charge in [-0.3, -0.25) is 0 Å². The van der Waals surface area contributed by atoms with Gasteiger partial charge in [0.25, 0.3) is 0 Å². The molecule has 5 nitrogen and oxygen atoms in total. The zero-order valence-electron chi connectivity index (χ0n) is 14.8. The lowest BCUT2D eigenvalue weighted by atomic mass is 10.1. The van der Waals surface area contributed by atoms with Crippen LogP contribution in [0.5, 0.6) is 0 Å². The van der Waals surface area contributed by atoms with E-state index in [1.54, 1.807) is 0 Å². The molecular weight excluding hydrogens is 298 g/mol. The van der Waals surface area contributed by atoms with Crippen LogP contribution in [-0.2, 0) is 0 Å². The van der Waals surface area contributed by atoms with Gasteiger partial charge < -0.3 is 15.1 Å². The first-order chi connectivity index (χ1) is 11.9. The molecule has 3 aliphatic rings. The number of rotatable bonds is 5. The molecule has 1 aromatic rings. The van der Waals surface area contributed by atoms with Crippen LogP contribution in [0.1, 0.15) is 51.4 Å². The molecule has 0 spiro atoms. The van der Waals surface area contributed by atoms with Gasteiger partial charge >= 0.3 is 0 Å². The van der Waals surface area contributed by atoms with Crippen LogP contribution >= 0.6 is 0 Å². The third kappa shape index (κ3) is 4.38. The van der Waals surface area contributed by atoms with Gasteiger partial charge in [0.1, 0.15) is 5.82 Å². The van der Waals surface area contributed by atoms with E-state index in [9.17, 15) is 0 Å². The quantitative estimate of drug-likeness (QED) is 0.899. The minimum absolute atomic E-state index is 0.497. The number of piperidine rings is 1. The molecule has 2 aliphatic heterocycles. The van der Waals surface area contributed by atoms with Gasteiger partial charge in [-0.25, -0.2) is 4.98 Å². The molecule has 1 unspecified atom stereocenters. The van der Waals surface area contributed by atoms with Gasteiger partial charge in [0, 0.05) is 38.4 Å². The average Bonchev–Trinajstić information content (AvgIpc) is 3.42. The highest BCUT2D eigenvalue weighted by atomic mass is 15.2. The minimum Gasteiger partial charge on any atom is -0.356 e. The van der Waals surface area contributed by atoms with Gasteiger partial charge in [0.15, 0.2) is 0 Å². The smallest absolute Gasteiger partial charge is 0.224 e. The SMILES string of the molecule is c1cc(N2CCCCCC2)nc(NC2CCCN(CC3CC3)C2)n1. The summed E-state index contributed by atoms with van der Waals surface area (Å²) in [4.78, 5) is 14.4. The topological polar surface area (TPSA) is 44.3 Å². The molecule has 0 amide bonds. The molecule has 0 radical (unpaired) electrons. The van der Waals surface area contributed by atoms with Crippen LogP contribution in [0.25, 0.3) is 0 Å². The van der Waals surface area contributed by atoms with Crippen molar-refractivity contribution >= 4 is 11.8 Å². The molecule has 1 aromatic heterocycles. The van der Waals surface area contributed by atoms with Crippen LogP contribution in [0, 0.1) is 5.92 Å². The van der Waals surface area contributed by atoms with Crippen molar-refractivity contribution in [1.29, 1.82) is 0 Å². The number of aromatic nitrogens is 2. The summed E-state index contributed by atoms with van der Waals surface area (Å²) in [5.41, 5.74) is 0. The number of anilines is 2. The highest BCUT2D eigenvalue weighted by Gasteiger charge is 2.27. The second-order valence-electron chi connectivity index (χ2n) is 7.83. The van der Waals surface area contributed by atoms with Crippen molar-refractivity contribution in [1.82, 2.24) is 14.9 Å². The van der Waals surface area contributed by atoms with Gasteiger partial charge in [0.05, 0.1) is 0 Å². The Hall–Kier alpha value is -1.36. The Morgan fingerprint density at radius 1 is 1.00 bits per heavy atom. The molecule has 1 N–H and O–H groups in total. The van der Waals surface area contributed by atoms with E-state index >= 15 is 0 Å². The predicted molar refractivity (Wildman–Crippen MR) is 98.5 cm³/mol. The fraction of sp³-hybridized carbons (Fsp3) is 0.789. The number of hydrogen-bond donors (Lipinski definition) is 1. The monoisotopic (exact) mass is 329 g/mol. The van der Waals surface area contributed by atoms with E-state index in [1.165, 1.54) is 64.5 Å². The van der Waals surface area contributed by atoms with E-state index in [0.29, 0.717) is 6.04 Å². The largest absolute Gasteiger partial charge is 0.356 e. The van der Waals surface area contributed by atoms with Crippen LogP contribution in [0.4, 0.5) is 11.8 Å². The van der Waals surface area contributed by atoms with Crippen LogP contribution in [0.15, 0.2) is 12.3 Å². The van der Waals surface area contributed by atoms with Crippen molar-refractivity contribution < 1.29 is 0 Å². The third-order valence-corrected chi connectivity index (χ3v) is 5.62. The minimum atomic E-state index is 0.497. The summed E-state index contributed by atoms with van der Waals surface area (Å²) < 4.78 is 0. The normalized spacial score (nSPS) is 26.2. The Balaban J connectivity index is 1.36. The van der Waals surface area contributed by atoms with Crippen LogP contribution < -0.4 is 10.2 Å². The van der Waals surface area contributed by atoms with E-state index in [0.717, 1.165) is 37.3 Å². The summed E-state index contributed by atoms with van der Waals surface area (Å²) in [7, 11) is 0. The summed E-state index contributed by atoms with van der Waals surface area (Å²) in [5, 5.41) is 3.61. The van der Waals surface area contributed by atoms with E-state index < -0.39 is 0 Å². The Bertz CT molecular complexity index is 522. The van der Waals surface area contributed by atoms with E-state index in [1.807, 2.05) is 6.20 Å². The van der Waals surface area contributed by atoms with E-state index in [2.05, 4.69) is 26.2 Å². The van der Waals surface area contributed by atoms with Crippen molar-refractivity contribution in [3.63, 3.8) is 0 Å². The Morgan fingerprint density at radius 3 is 2.62 bits per heavy atom. The molecule has 2 saturated heterocycles. The molecule has 132 valence electrons. The van der Waals surface area contributed by atoms with Gasteiger partial charge in [-0.1, -0.05) is 12.8 Å². The molecule has 0 aromatic carbocycles. The van der Waals surface area contributed by atoms with Crippen molar-refractivity contribution in [2.24, 2.45) is 5.92 Å². The molecule has 1 saturated carbocycles. The first-order valence-corrected chi connectivity index (χ1v) is 9.94. The van der Waals surface area contributed by atoms with Crippen molar-refractivity contribution in [2.45, 2.75) is 57.4 Å². The molecule has 5 heteroatoms. The van der Waals surface area contributed by atoms with Crippen molar-refractivity contribution in [2.75, 3.05) is 42.9 Å². The maximum absolute atomic E-state index is 4.82. The lowest BCUT2D eigenvalue weighted by molar-refractivity contribution is 0.208. The second kappa shape index (κ2) is 7.68. The summed E-state index contributed by atoms with van der Waals surface area (Å²) >= 11 is 0. The lowest BCUT2D eigenvalue weighted by Crippen LogP contribution is -2.43. The molecule has 0 bridgehead atoms. The van der Waals surface area contributed by atoms with Gasteiger partial charge in [0.2, 0.25) is 5.95 Å². The van der Waals surface area contributed by atoms with Gasteiger partial charge in [-0.2, -0.15) is 4.98 Å².